The smallest absolute Gasteiger partial charge is 0.248 e. The van der Waals surface area contributed by atoms with Crippen molar-refractivity contribution in [1.82, 2.24) is 4.90 Å². The number of ether oxygens (including phenoxy) is 1. The van der Waals surface area contributed by atoms with Crippen LogP contribution >= 0.6 is 11.8 Å². The first-order valence-corrected chi connectivity index (χ1v) is 10.2. The first-order valence-electron chi connectivity index (χ1n) is 9.02. The van der Waals surface area contributed by atoms with Crippen LogP contribution in [0.1, 0.15) is 17.5 Å². The van der Waals surface area contributed by atoms with Crippen molar-refractivity contribution in [3.8, 4) is 11.8 Å². The molecular formula is C21H20FN3O3S. The highest BCUT2D eigenvalue weighted by Gasteiger charge is 2.34. The van der Waals surface area contributed by atoms with E-state index < -0.39 is 11.9 Å². The van der Waals surface area contributed by atoms with E-state index in [9.17, 15) is 14.0 Å². The number of rotatable bonds is 6. The van der Waals surface area contributed by atoms with Crippen molar-refractivity contribution in [2.75, 3.05) is 24.1 Å². The van der Waals surface area contributed by atoms with Gasteiger partial charge in [0.25, 0.3) is 0 Å². The molecule has 1 aliphatic rings. The molecule has 1 unspecified atom stereocenters. The van der Waals surface area contributed by atoms with Gasteiger partial charge in [-0.2, -0.15) is 5.26 Å². The van der Waals surface area contributed by atoms with Crippen molar-refractivity contribution in [3.63, 3.8) is 0 Å². The Hall–Kier alpha value is -3.05. The average molecular weight is 413 g/mol. The van der Waals surface area contributed by atoms with Crippen molar-refractivity contribution in [3.05, 3.63) is 59.4 Å². The highest BCUT2D eigenvalue weighted by molar-refractivity contribution is 7.99. The molecule has 1 aliphatic heterocycles. The zero-order valence-corrected chi connectivity index (χ0v) is 16.7. The second kappa shape index (κ2) is 9.43. The lowest BCUT2D eigenvalue weighted by molar-refractivity contribution is -0.136. The van der Waals surface area contributed by atoms with E-state index in [0.717, 1.165) is 0 Å². The zero-order valence-electron chi connectivity index (χ0n) is 15.9. The third kappa shape index (κ3) is 5.06. The van der Waals surface area contributed by atoms with Crippen LogP contribution < -0.4 is 10.1 Å². The Morgan fingerprint density at radius 2 is 2.07 bits per heavy atom. The molecule has 0 radical (unpaired) electrons. The minimum atomic E-state index is -0.559. The summed E-state index contributed by atoms with van der Waals surface area (Å²) in [5.41, 5.74) is 1.78. The fourth-order valence-corrected chi connectivity index (χ4v) is 4.20. The monoisotopic (exact) mass is 413 g/mol. The zero-order chi connectivity index (χ0) is 20.8. The number of nitriles is 1. The third-order valence-corrected chi connectivity index (χ3v) is 5.64. The standard InChI is InChI=1S/C21H20FN3O3S/c1-28-19-8-4-14(10-17(19)22)5-9-20(26)25-13-29-12-18(25)21(27)24-16-6-2-15(11-23)3-7-16/h2-4,6-8,10,18H,5,9,12-13H2,1H3,(H,24,27). The average Bonchev–Trinajstić information content (AvgIpc) is 3.23. The molecule has 0 spiro atoms. The number of benzene rings is 2. The summed E-state index contributed by atoms with van der Waals surface area (Å²) in [7, 11) is 1.40. The molecule has 1 saturated heterocycles. The number of carbonyl (C=O) groups excluding carboxylic acids is 2. The number of hydrogen-bond acceptors (Lipinski definition) is 5. The normalized spacial score (nSPS) is 15.6. The largest absolute Gasteiger partial charge is 0.494 e. The van der Waals surface area contributed by atoms with Crippen LogP contribution in [0, 0.1) is 17.1 Å². The maximum Gasteiger partial charge on any atom is 0.248 e. The SMILES string of the molecule is COc1ccc(CCC(=O)N2CSCC2C(=O)Nc2ccc(C#N)cc2)cc1F. The van der Waals surface area contributed by atoms with Gasteiger partial charge >= 0.3 is 0 Å². The predicted molar refractivity (Wildman–Crippen MR) is 109 cm³/mol. The van der Waals surface area contributed by atoms with E-state index in [2.05, 4.69) is 5.32 Å². The lowest BCUT2D eigenvalue weighted by Gasteiger charge is -2.23. The van der Waals surface area contributed by atoms with E-state index in [-0.39, 0.29) is 24.0 Å². The molecule has 1 fully saturated rings. The van der Waals surface area contributed by atoms with Gasteiger partial charge in [0, 0.05) is 17.9 Å². The Kier molecular flexibility index (Phi) is 6.73. The van der Waals surface area contributed by atoms with Crippen LogP contribution in [0.15, 0.2) is 42.5 Å². The van der Waals surface area contributed by atoms with Gasteiger partial charge in [0.1, 0.15) is 6.04 Å². The first kappa shape index (κ1) is 20.7. The molecule has 0 aliphatic carbocycles. The molecule has 8 heteroatoms. The number of thioether (sulfide) groups is 1. The minimum absolute atomic E-state index is 0.147. The molecular weight excluding hydrogens is 393 g/mol. The summed E-state index contributed by atoms with van der Waals surface area (Å²) in [6.07, 6.45) is 0.567. The van der Waals surface area contributed by atoms with Gasteiger partial charge in [0.15, 0.2) is 11.6 Å². The second-order valence-corrected chi connectivity index (χ2v) is 7.53. The van der Waals surface area contributed by atoms with Crippen molar-refractivity contribution in [2.45, 2.75) is 18.9 Å². The van der Waals surface area contributed by atoms with Crippen LogP contribution in [0.4, 0.5) is 10.1 Å². The quantitative estimate of drug-likeness (QED) is 0.787. The van der Waals surface area contributed by atoms with Crippen molar-refractivity contribution < 1.29 is 18.7 Å². The molecule has 0 bridgehead atoms. The van der Waals surface area contributed by atoms with Gasteiger partial charge in [-0.1, -0.05) is 6.07 Å². The molecule has 1 heterocycles. The maximum atomic E-state index is 13.8. The predicted octanol–water partition coefficient (Wildman–Crippen LogP) is 3.18. The number of methoxy groups -OCH3 is 1. The lowest BCUT2D eigenvalue weighted by Crippen LogP contribution is -2.44. The number of aryl methyl sites for hydroxylation is 1. The highest BCUT2D eigenvalue weighted by atomic mass is 32.2. The van der Waals surface area contributed by atoms with Gasteiger partial charge in [-0.3, -0.25) is 9.59 Å². The van der Waals surface area contributed by atoms with Gasteiger partial charge in [-0.05, 0) is 48.4 Å². The van der Waals surface area contributed by atoms with Gasteiger partial charge in [0.05, 0.1) is 24.6 Å². The topological polar surface area (TPSA) is 82.4 Å². The van der Waals surface area contributed by atoms with E-state index >= 15 is 0 Å². The Morgan fingerprint density at radius 1 is 1.31 bits per heavy atom. The number of hydrogen-bond donors (Lipinski definition) is 1. The fourth-order valence-electron chi connectivity index (χ4n) is 3.02. The number of nitrogens with one attached hydrogen (secondary N) is 1. The number of anilines is 1. The Balaban J connectivity index is 1.58. The van der Waals surface area contributed by atoms with E-state index in [1.807, 2.05) is 6.07 Å². The second-order valence-electron chi connectivity index (χ2n) is 6.53. The Labute approximate surface area is 172 Å². The third-order valence-electron chi connectivity index (χ3n) is 4.63. The minimum Gasteiger partial charge on any atom is -0.494 e. The van der Waals surface area contributed by atoms with Crippen molar-refractivity contribution in [1.29, 1.82) is 5.26 Å². The molecule has 6 nitrogen and oxygen atoms in total. The van der Waals surface area contributed by atoms with Gasteiger partial charge in [-0.15, -0.1) is 11.8 Å². The van der Waals surface area contributed by atoms with Crippen LogP contribution in [0.2, 0.25) is 0 Å². The molecule has 1 atom stereocenters. The van der Waals surface area contributed by atoms with E-state index in [0.29, 0.717) is 34.9 Å². The summed E-state index contributed by atoms with van der Waals surface area (Å²) in [6, 6.07) is 12.6. The van der Waals surface area contributed by atoms with Gasteiger partial charge in [0.2, 0.25) is 11.8 Å². The number of carbonyl (C=O) groups is 2. The summed E-state index contributed by atoms with van der Waals surface area (Å²) < 4.78 is 18.7. The van der Waals surface area contributed by atoms with Crippen LogP contribution in [0.3, 0.4) is 0 Å². The van der Waals surface area contributed by atoms with Gasteiger partial charge < -0.3 is 15.0 Å². The molecule has 2 aromatic rings. The van der Waals surface area contributed by atoms with E-state index in [1.165, 1.54) is 31.0 Å². The number of halogens is 1. The number of nitrogens with zero attached hydrogens (tertiary/aromatic N) is 2. The van der Waals surface area contributed by atoms with Crippen LogP contribution in [0.5, 0.6) is 5.75 Å². The summed E-state index contributed by atoms with van der Waals surface area (Å²) in [6.45, 7) is 0. The highest BCUT2D eigenvalue weighted by Crippen LogP contribution is 2.24. The molecule has 0 saturated carbocycles. The molecule has 2 amide bonds. The molecule has 1 N–H and O–H groups in total. The molecule has 2 aromatic carbocycles. The summed E-state index contributed by atoms with van der Waals surface area (Å²) in [5, 5.41) is 11.6. The van der Waals surface area contributed by atoms with E-state index in [4.69, 9.17) is 10.00 Å². The van der Waals surface area contributed by atoms with Crippen LogP contribution in [-0.4, -0.2) is 41.5 Å². The molecule has 0 aromatic heterocycles. The van der Waals surface area contributed by atoms with Crippen molar-refractivity contribution >= 4 is 29.3 Å². The summed E-state index contributed by atoms with van der Waals surface area (Å²) in [5.74, 6) is 0.255. The molecule has 150 valence electrons. The Morgan fingerprint density at radius 3 is 2.72 bits per heavy atom. The summed E-state index contributed by atoms with van der Waals surface area (Å²) in [4.78, 5) is 26.8. The van der Waals surface area contributed by atoms with Crippen LogP contribution in [0.25, 0.3) is 0 Å². The lowest BCUT2D eigenvalue weighted by atomic mass is 10.1. The molecule has 3 rings (SSSR count). The fraction of sp³-hybridized carbons (Fsp3) is 0.286. The Bertz CT molecular complexity index is 943. The number of amides is 2. The molecule has 29 heavy (non-hydrogen) atoms. The van der Waals surface area contributed by atoms with Crippen LogP contribution in [-0.2, 0) is 16.0 Å². The van der Waals surface area contributed by atoms with Gasteiger partial charge in [-0.25, -0.2) is 4.39 Å². The summed E-state index contributed by atoms with van der Waals surface area (Å²) >= 11 is 1.52. The van der Waals surface area contributed by atoms with E-state index in [1.54, 1.807) is 35.2 Å². The first-order chi connectivity index (χ1) is 14.0. The maximum absolute atomic E-state index is 13.8. The van der Waals surface area contributed by atoms with Crippen molar-refractivity contribution in [2.24, 2.45) is 0 Å².